The Morgan fingerprint density at radius 3 is 2.27 bits per heavy atom. The van der Waals surface area contributed by atoms with Gasteiger partial charge < -0.3 is 9.47 Å². The lowest BCUT2D eigenvalue weighted by Gasteiger charge is -2.42. The first-order chi connectivity index (χ1) is 4.97. The van der Waals surface area contributed by atoms with Crippen LogP contribution in [0, 0.1) is 0 Å². The van der Waals surface area contributed by atoms with Gasteiger partial charge >= 0.3 is 0 Å². The molecule has 66 valence electrons. The minimum absolute atomic E-state index is 0.0810. The molecule has 3 heteroatoms. The molecule has 2 nitrogen and oxygen atoms in total. The molecular weight excluding hydrogens is 255 g/mol. The third-order valence-corrected chi connectivity index (χ3v) is 3.28. The second kappa shape index (κ2) is 3.18. The molecule has 1 saturated heterocycles. The molecule has 0 aromatic carbocycles. The van der Waals surface area contributed by atoms with Gasteiger partial charge in [0.2, 0.25) is 0 Å². The molecule has 0 aromatic rings. The van der Waals surface area contributed by atoms with E-state index in [-0.39, 0.29) is 11.2 Å². The Morgan fingerprint density at radius 2 is 1.91 bits per heavy atom. The number of rotatable bonds is 1. The molecule has 1 aliphatic heterocycles. The molecule has 1 aliphatic rings. The van der Waals surface area contributed by atoms with Gasteiger partial charge in [0.15, 0.2) is 0 Å². The van der Waals surface area contributed by atoms with Crippen molar-refractivity contribution in [2.24, 2.45) is 0 Å². The van der Waals surface area contributed by atoms with Crippen molar-refractivity contribution in [3.05, 3.63) is 0 Å². The van der Waals surface area contributed by atoms with Gasteiger partial charge in [-0.2, -0.15) is 0 Å². The van der Waals surface area contributed by atoms with Gasteiger partial charge in [-0.3, -0.25) is 0 Å². The molecule has 1 atom stereocenters. The molecule has 1 fully saturated rings. The van der Waals surface area contributed by atoms with Crippen LogP contribution in [-0.2, 0) is 9.47 Å². The van der Waals surface area contributed by atoms with Crippen LogP contribution < -0.4 is 0 Å². The Kier molecular flexibility index (Phi) is 2.82. The van der Waals surface area contributed by atoms with Crippen LogP contribution >= 0.6 is 22.6 Å². The van der Waals surface area contributed by atoms with Crippen LogP contribution in [0.2, 0.25) is 0 Å². The molecule has 0 aromatic heterocycles. The zero-order valence-electron chi connectivity index (χ0n) is 7.32. The average molecular weight is 270 g/mol. The van der Waals surface area contributed by atoms with Gasteiger partial charge in [0.1, 0.15) is 0 Å². The van der Waals surface area contributed by atoms with Crippen LogP contribution in [0.4, 0.5) is 0 Å². The predicted octanol–water partition coefficient (Wildman–Crippen LogP) is 2.01. The second-order valence-electron chi connectivity index (χ2n) is 3.94. The normalized spacial score (nSPS) is 37.1. The zero-order chi connectivity index (χ0) is 8.54. The molecule has 1 rings (SSSR count). The largest absolute Gasteiger partial charge is 0.375 e. The summed E-state index contributed by atoms with van der Waals surface area (Å²) in [5, 5.41) is 0. The maximum Gasteiger partial charge on any atom is 0.0984 e. The Bertz CT molecular complexity index is 147. The molecule has 0 spiro atoms. The summed E-state index contributed by atoms with van der Waals surface area (Å²) >= 11 is 2.34. The lowest BCUT2D eigenvalue weighted by Crippen LogP contribution is -2.51. The van der Waals surface area contributed by atoms with E-state index in [1.165, 1.54) is 0 Å². The number of hydrogen-bond acceptors (Lipinski definition) is 2. The highest BCUT2D eigenvalue weighted by Gasteiger charge is 2.37. The summed E-state index contributed by atoms with van der Waals surface area (Å²) in [5.41, 5.74) is -0.194. The van der Waals surface area contributed by atoms with Crippen LogP contribution in [0.15, 0.2) is 0 Å². The van der Waals surface area contributed by atoms with Crippen molar-refractivity contribution in [3.63, 3.8) is 0 Å². The van der Waals surface area contributed by atoms with Crippen molar-refractivity contribution in [3.8, 4) is 0 Å². The van der Waals surface area contributed by atoms with Gasteiger partial charge in [-0.25, -0.2) is 0 Å². The number of hydrogen-bond donors (Lipinski definition) is 0. The average Bonchev–Trinajstić information content (AvgIpc) is 1.85. The van der Waals surface area contributed by atoms with Crippen molar-refractivity contribution >= 4 is 22.6 Å². The summed E-state index contributed by atoms with van der Waals surface area (Å²) in [4.78, 5) is 0. The zero-order valence-corrected chi connectivity index (χ0v) is 9.47. The van der Waals surface area contributed by atoms with E-state index < -0.39 is 0 Å². The van der Waals surface area contributed by atoms with Gasteiger partial charge in [0.25, 0.3) is 0 Å². The summed E-state index contributed by atoms with van der Waals surface area (Å²) in [7, 11) is 0. The first kappa shape index (κ1) is 9.74. The van der Waals surface area contributed by atoms with E-state index >= 15 is 0 Å². The highest BCUT2D eigenvalue weighted by atomic mass is 127. The summed E-state index contributed by atoms with van der Waals surface area (Å²) in [6, 6.07) is 0. The quantitative estimate of drug-likeness (QED) is 0.536. The van der Waals surface area contributed by atoms with Gasteiger partial charge in [-0.1, -0.05) is 22.6 Å². The number of alkyl halides is 1. The summed E-state index contributed by atoms with van der Waals surface area (Å²) < 4.78 is 12.3. The van der Waals surface area contributed by atoms with Gasteiger partial charge in [-0.05, 0) is 20.8 Å². The van der Waals surface area contributed by atoms with Crippen molar-refractivity contribution in [2.75, 3.05) is 17.6 Å². The van der Waals surface area contributed by atoms with E-state index in [0.717, 1.165) is 11.0 Å². The van der Waals surface area contributed by atoms with Crippen molar-refractivity contribution in [2.45, 2.75) is 32.0 Å². The Morgan fingerprint density at radius 1 is 1.27 bits per heavy atom. The molecule has 11 heavy (non-hydrogen) atoms. The standard InChI is InChI=1S/C8H15IO2/c1-7(2)5-10-6-8(3,4-9)11-7/h4-6H2,1-3H3. The molecular formula is C8H15IO2. The third-order valence-electron chi connectivity index (χ3n) is 1.66. The van der Waals surface area contributed by atoms with E-state index in [1.807, 2.05) is 0 Å². The summed E-state index contributed by atoms with van der Waals surface area (Å²) in [6.07, 6.45) is 0. The van der Waals surface area contributed by atoms with E-state index in [9.17, 15) is 0 Å². The smallest absolute Gasteiger partial charge is 0.0984 e. The maximum absolute atomic E-state index is 5.88. The third kappa shape index (κ3) is 2.56. The Balaban J connectivity index is 2.59. The summed E-state index contributed by atoms with van der Waals surface area (Å²) in [5.74, 6) is 0. The fraction of sp³-hybridized carbons (Fsp3) is 1.00. The topological polar surface area (TPSA) is 18.5 Å². The molecule has 0 N–H and O–H groups in total. The first-order valence-corrected chi connectivity index (χ1v) is 5.34. The van der Waals surface area contributed by atoms with Crippen LogP contribution in [-0.4, -0.2) is 28.8 Å². The highest BCUT2D eigenvalue weighted by molar-refractivity contribution is 14.1. The lowest BCUT2D eigenvalue weighted by atomic mass is 10.0. The highest BCUT2D eigenvalue weighted by Crippen LogP contribution is 2.27. The van der Waals surface area contributed by atoms with Gasteiger partial charge in [-0.15, -0.1) is 0 Å². The predicted molar refractivity (Wildman–Crippen MR) is 53.3 cm³/mol. The van der Waals surface area contributed by atoms with Crippen LogP contribution in [0.5, 0.6) is 0 Å². The lowest BCUT2D eigenvalue weighted by molar-refractivity contribution is -0.218. The summed E-state index contributed by atoms with van der Waals surface area (Å²) in [6.45, 7) is 7.66. The van der Waals surface area contributed by atoms with E-state index in [0.29, 0.717) is 6.61 Å². The molecule has 0 saturated carbocycles. The number of ether oxygens (including phenoxy) is 2. The molecule has 0 radical (unpaired) electrons. The first-order valence-electron chi connectivity index (χ1n) is 3.81. The van der Waals surface area contributed by atoms with Crippen molar-refractivity contribution in [1.82, 2.24) is 0 Å². The van der Waals surface area contributed by atoms with Crippen molar-refractivity contribution < 1.29 is 9.47 Å². The minimum Gasteiger partial charge on any atom is -0.375 e. The minimum atomic E-state index is -0.113. The fourth-order valence-corrected chi connectivity index (χ4v) is 1.68. The van der Waals surface area contributed by atoms with Crippen LogP contribution in [0.3, 0.4) is 0 Å². The van der Waals surface area contributed by atoms with Crippen molar-refractivity contribution in [1.29, 1.82) is 0 Å². The Hall–Kier alpha value is 0.650. The van der Waals surface area contributed by atoms with E-state index in [4.69, 9.17) is 9.47 Å². The molecule has 0 amide bonds. The molecule has 1 heterocycles. The molecule has 0 aliphatic carbocycles. The van der Waals surface area contributed by atoms with E-state index in [1.54, 1.807) is 0 Å². The van der Waals surface area contributed by atoms with Crippen LogP contribution in [0.25, 0.3) is 0 Å². The molecule has 0 bridgehead atoms. The van der Waals surface area contributed by atoms with E-state index in [2.05, 4.69) is 43.4 Å². The number of halogens is 1. The molecule has 1 unspecified atom stereocenters. The SMILES string of the molecule is CC1(C)COCC(C)(CI)O1. The van der Waals surface area contributed by atoms with Gasteiger partial charge in [0.05, 0.1) is 24.4 Å². The maximum atomic E-state index is 5.88. The fourth-order valence-electron chi connectivity index (χ4n) is 1.30. The Labute approximate surface area is 81.8 Å². The monoisotopic (exact) mass is 270 g/mol. The van der Waals surface area contributed by atoms with Gasteiger partial charge in [0, 0.05) is 4.43 Å². The second-order valence-corrected chi connectivity index (χ2v) is 4.70. The van der Waals surface area contributed by atoms with Crippen LogP contribution in [0.1, 0.15) is 20.8 Å².